The molecule has 57 heavy (non-hydrogen) atoms. The van der Waals surface area contributed by atoms with Gasteiger partial charge in [-0.05, 0) is 69.5 Å². The molecule has 0 aliphatic rings. The van der Waals surface area contributed by atoms with E-state index in [1.165, 1.54) is 55.6 Å². The van der Waals surface area contributed by atoms with E-state index >= 15 is 0 Å². The predicted molar refractivity (Wildman–Crippen MR) is 236 cm³/mol. The number of aromatic nitrogens is 3. The first-order valence-corrected chi connectivity index (χ1v) is 26.7. The summed E-state index contributed by atoms with van der Waals surface area (Å²) < 4.78 is 16.5. The molecule has 0 aliphatic heterocycles. The fourth-order valence-corrected chi connectivity index (χ4v) is 9.17. The van der Waals surface area contributed by atoms with E-state index in [0.29, 0.717) is 11.8 Å². The molecule has 0 atom stereocenters. The van der Waals surface area contributed by atoms with Crippen molar-refractivity contribution in [2.45, 2.75) is 56.8 Å². The Morgan fingerprint density at radius 3 is 1.79 bits per heavy atom. The molecular formula is C51H48FGeIrN3-2. The molecule has 8 rings (SSSR count). The first-order valence-electron chi connectivity index (χ1n) is 19.4. The van der Waals surface area contributed by atoms with Gasteiger partial charge in [-0.3, -0.25) is 4.98 Å². The monoisotopic (exact) mass is 988 g/mol. The summed E-state index contributed by atoms with van der Waals surface area (Å²) in [6.07, 6.45) is 1.95. The molecule has 0 unspecified atom stereocenters. The van der Waals surface area contributed by atoms with Crippen molar-refractivity contribution in [2.24, 2.45) is 0 Å². The summed E-state index contributed by atoms with van der Waals surface area (Å²) in [6.45, 7) is 9.16. The maximum absolute atomic E-state index is 12.8. The van der Waals surface area contributed by atoms with Gasteiger partial charge in [0, 0.05) is 25.8 Å². The summed E-state index contributed by atoms with van der Waals surface area (Å²) in [5.74, 6) is 8.32. The molecule has 0 saturated carbocycles. The smallest absolute Gasteiger partial charge is 0 e. The van der Waals surface area contributed by atoms with E-state index in [9.17, 15) is 4.39 Å². The third-order valence-corrected chi connectivity index (χ3v) is 14.4. The number of hydrogen-bond donors (Lipinski definition) is 0. The van der Waals surface area contributed by atoms with Crippen molar-refractivity contribution in [3.63, 3.8) is 0 Å². The molecule has 0 bridgehead atoms. The Morgan fingerprint density at radius 1 is 0.614 bits per heavy atom. The van der Waals surface area contributed by atoms with Gasteiger partial charge in [-0.2, -0.15) is 0 Å². The number of halogens is 1. The molecule has 0 aliphatic carbocycles. The van der Waals surface area contributed by atoms with E-state index in [-0.39, 0.29) is 25.9 Å². The number of pyridine rings is 1. The van der Waals surface area contributed by atoms with Gasteiger partial charge in [0.25, 0.3) is 0 Å². The van der Waals surface area contributed by atoms with Gasteiger partial charge < -0.3 is 4.57 Å². The van der Waals surface area contributed by atoms with Gasteiger partial charge in [0.2, 0.25) is 0 Å². The number of para-hydroxylation sites is 2. The van der Waals surface area contributed by atoms with Crippen molar-refractivity contribution in [3.05, 3.63) is 181 Å². The number of fused-ring (bicyclic) bond motifs is 1. The van der Waals surface area contributed by atoms with Gasteiger partial charge in [-0.1, -0.05) is 94.4 Å². The van der Waals surface area contributed by atoms with Crippen molar-refractivity contribution >= 4 is 28.7 Å². The maximum Gasteiger partial charge on any atom is 0 e. The standard InChI is InChI=1S/C37H33N2.C14H15FGeN.Ir/c1-25(2)32-23-31(29-21-19-28(20-22-29)27-13-7-5-8-14-27)24-33(26(3)4)36(32)39-35-18-12-11-17-34(35)38-37(39)30-15-9-6-10-16-30;1-16(2,3)13-8-9-14(17-10-13)11-4-6-12(15)7-5-11;/h5-15,17-26H,1-4H3;4,6-10H,1-3H3;/q2*-1;. The molecule has 1 radical (unpaired) electrons. The van der Waals surface area contributed by atoms with Crippen LogP contribution in [0, 0.1) is 17.9 Å². The summed E-state index contributed by atoms with van der Waals surface area (Å²) in [4.78, 5) is 9.55. The molecule has 0 fully saturated rings. The largest absolute Gasteiger partial charge is 0 e. The average Bonchev–Trinajstić information content (AvgIpc) is 3.61. The molecule has 8 aromatic rings. The van der Waals surface area contributed by atoms with Gasteiger partial charge in [-0.25, -0.2) is 0 Å². The summed E-state index contributed by atoms with van der Waals surface area (Å²) in [5.41, 5.74) is 13.6. The Balaban J connectivity index is 0.000000256. The first kappa shape index (κ1) is 41.7. The molecule has 2 aromatic heterocycles. The van der Waals surface area contributed by atoms with E-state index in [4.69, 9.17) is 4.98 Å². The minimum absolute atomic E-state index is 0. The van der Waals surface area contributed by atoms with E-state index < -0.39 is 13.3 Å². The molecule has 6 aromatic carbocycles. The number of nitrogens with zero attached hydrogens (tertiary/aromatic N) is 3. The molecule has 0 amide bonds. The van der Waals surface area contributed by atoms with Crippen LogP contribution in [-0.4, -0.2) is 27.8 Å². The maximum atomic E-state index is 12.8. The van der Waals surface area contributed by atoms with Crippen LogP contribution in [0.5, 0.6) is 0 Å². The zero-order chi connectivity index (χ0) is 39.4. The quantitative estimate of drug-likeness (QED) is 0.112. The molecule has 2 heterocycles. The number of rotatable bonds is 8. The SMILES string of the molecule is CC(C)c1cc(-c2ccc(-c3ccccc3)cc2)cc(C(C)C)c1-n1c(-c2[c-]cccc2)nc2ccccc21.[CH3][Ge]([CH3])([CH3])[c]1ccc(-c2[c-]cc(F)cc2)nc1.[Ir]. The fourth-order valence-electron chi connectivity index (χ4n) is 7.00. The third kappa shape index (κ3) is 9.45. The third-order valence-electron chi connectivity index (χ3n) is 10.2. The fraction of sp³-hybridized carbons (Fsp3) is 0.176. The summed E-state index contributed by atoms with van der Waals surface area (Å²) in [5, 5.41) is 0. The number of hydrogen-bond acceptors (Lipinski definition) is 2. The minimum atomic E-state index is -1.79. The van der Waals surface area contributed by atoms with E-state index in [2.05, 4.69) is 176 Å². The van der Waals surface area contributed by atoms with Crippen LogP contribution in [-0.2, 0) is 20.1 Å². The molecule has 0 saturated heterocycles. The first-order chi connectivity index (χ1) is 27.0. The molecule has 0 spiro atoms. The zero-order valence-corrected chi connectivity index (χ0v) is 38.1. The predicted octanol–water partition coefficient (Wildman–Crippen LogP) is 13.3. The van der Waals surface area contributed by atoms with Gasteiger partial charge in [0.1, 0.15) is 0 Å². The second kappa shape index (κ2) is 18.1. The topological polar surface area (TPSA) is 30.7 Å². The zero-order valence-electron chi connectivity index (χ0n) is 33.6. The van der Waals surface area contributed by atoms with Gasteiger partial charge in [-0.15, -0.1) is 35.9 Å². The Labute approximate surface area is 353 Å². The van der Waals surface area contributed by atoms with Crippen LogP contribution in [0.1, 0.15) is 50.7 Å². The normalized spacial score (nSPS) is 11.3. The van der Waals surface area contributed by atoms with Gasteiger partial charge >= 0.3 is 104 Å². The summed E-state index contributed by atoms with van der Waals surface area (Å²) in [6, 6.07) is 55.8. The summed E-state index contributed by atoms with van der Waals surface area (Å²) in [7, 11) is 0. The molecule has 289 valence electrons. The minimum Gasteiger partial charge on any atom is 0 e. The van der Waals surface area contributed by atoms with Crippen LogP contribution in [0.2, 0.25) is 17.3 Å². The Morgan fingerprint density at radius 2 is 1.23 bits per heavy atom. The van der Waals surface area contributed by atoms with Gasteiger partial charge in [0.15, 0.2) is 0 Å². The van der Waals surface area contributed by atoms with Crippen LogP contribution >= 0.6 is 0 Å². The van der Waals surface area contributed by atoms with Crippen LogP contribution in [0.4, 0.5) is 4.39 Å². The molecule has 6 heteroatoms. The van der Waals surface area contributed by atoms with Crippen LogP contribution in [0.3, 0.4) is 0 Å². The Hall–Kier alpha value is -4.94. The van der Waals surface area contributed by atoms with E-state index in [1.807, 2.05) is 24.4 Å². The second-order valence-corrected chi connectivity index (χ2v) is 26.5. The van der Waals surface area contributed by atoms with Gasteiger partial charge in [0.05, 0.1) is 16.9 Å². The van der Waals surface area contributed by atoms with Crippen molar-refractivity contribution in [1.82, 2.24) is 14.5 Å². The Kier molecular flexibility index (Phi) is 13.2. The number of imidazole rings is 1. The van der Waals surface area contributed by atoms with Crippen molar-refractivity contribution in [3.8, 4) is 50.6 Å². The Bertz CT molecular complexity index is 2510. The van der Waals surface area contributed by atoms with Crippen LogP contribution < -0.4 is 4.40 Å². The molecular weight excluding hydrogens is 938 g/mol. The van der Waals surface area contributed by atoms with E-state index in [0.717, 1.165) is 33.7 Å². The number of benzene rings is 6. The average molecular weight is 987 g/mol. The molecule has 3 nitrogen and oxygen atoms in total. The van der Waals surface area contributed by atoms with Crippen molar-refractivity contribution < 1.29 is 24.5 Å². The van der Waals surface area contributed by atoms with Crippen molar-refractivity contribution in [2.75, 3.05) is 0 Å². The van der Waals surface area contributed by atoms with Crippen molar-refractivity contribution in [1.29, 1.82) is 0 Å². The summed E-state index contributed by atoms with van der Waals surface area (Å²) >= 11 is -1.79. The van der Waals surface area contributed by atoms with Crippen LogP contribution in [0.25, 0.3) is 61.6 Å². The second-order valence-electron chi connectivity index (χ2n) is 15.9. The van der Waals surface area contributed by atoms with E-state index in [1.54, 1.807) is 6.07 Å². The van der Waals surface area contributed by atoms with Crippen LogP contribution in [0.15, 0.2) is 152 Å². The molecule has 0 N–H and O–H groups in total.